The number of aromatic nitrogens is 4. The second-order valence-corrected chi connectivity index (χ2v) is 8.00. The zero-order chi connectivity index (χ0) is 22.9. The SMILES string of the molecule is CNc1ncc(-c2nc3cc(N4CCOCC4)ccc3o2)c2cc(Nc3ccccn3)ncc12. The lowest BCUT2D eigenvalue weighted by Gasteiger charge is -2.28. The van der Waals surface area contributed by atoms with Crippen LogP contribution in [0.1, 0.15) is 0 Å². The maximum atomic E-state index is 6.17. The molecule has 0 radical (unpaired) electrons. The third-order valence-electron chi connectivity index (χ3n) is 5.91. The Morgan fingerprint density at radius 3 is 2.65 bits per heavy atom. The van der Waals surface area contributed by atoms with Crippen molar-refractivity contribution in [2.45, 2.75) is 0 Å². The van der Waals surface area contributed by atoms with E-state index in [1.54, 1.807) is 18.6 Å². The van der Waals surface area contributed by atoms with Gasteiger partial charge >= 0.3 is 0 Å². The summed E-state index contributed by atoms with van der Waals surface area (Å²) in [5, 5.41) is 8.19. The molecule has 0 amide bonds. The van der Waals surface area contributed by atoms with Gasteiger partial charge < -0.3 is 24.7 Å². The number of fused-ring (bicyclic) bond motifs is 2. The molecule has 6 rings (SSSR count). The topological polar surface area (TPSA) is 101 Å². The molecule has 1 aliphatic rings. The monoisotopic (exact) mass is 453 g/mol. The summed E-state index contributed by atoms with van der Waals surface area (Å²) >= 11 is 0. The van der Waals surface area contributed by atoms with Crippen LogP contribution in [0.4, 0.5) is 23.1 Å². The van der Waals surface area contributed by atoms with Crippen LogP contribution in [0.5, 0.6) is 0 Å². The molecule has 0 spiro atoms. The van der Waals surface area contributed by atoms with Crippen LogP contribution in [0.25, 0.3) is 33.3 Å². The van der Waals surface area contributed by atoms with Gasteiger partial charge in [0.25, 0.3) is 0 Å². The summed E-state index contributed by atoms with van der Waals surface area (Å²) in [6.45, 7) is 3.21. The molecule has 0 unspecified atom stereocenters. The highest BCUT2D eigenvalue weighted by atomic mass is 16.5. The van der Waals surface area contributed by atoms with Gasteiger partial charge in [-0.2, -0.15) is 0 Å². The fourth-order valence-corrected chi connectivity index (χ4v) is 4.19. The lowest BCUT2D eigenvalue weighted by Crippen LogP contribution is -2.36. The Hall–Kier alpha value is -4.24. The average molecular weight is 454 g/mol. The van der Waals surface area contributed by atoms with Crippen LogP contribution in [0.15, 0.2) is 65.5 Å². The second-order valence-electron chi connectivity index (χ2n) is 8.00. The Kier molecular flexibility index (Phi) is 5.15. The Morgan fingerprint density at radius 1 is 0.912 bits per heavy atom. The number of benzene rings is 1. The van der Waals surface area contributed by atoms with E-state index >= 15 is 0 Å². The summed E-state index contributed by atoms with van der Waals surface area (Å²) in [4.78, 5) is 20.6. The van der Waals surface area contributed by atoms with Crippen LogP contribution in [-0.2, 0) is 4.74 Å². The van der Waals surface area contributed by atoms with Crippen LogP contribution < -0.4 is 15.5 Å². The van der Waals surface area contributed by atoms with Gasteiger partial charge in [-0.15, -0.1) is 0 Å². The van der Waals surface area contributed by atoms with Crippen molar-refractivity contribution in [3.05, 3.63) is 61.1 Å². The summed E-state index contributed by atoms with van der Waals surface area (Å²) in [5.74, 6) is 2.65. The molecular formula is C25H23N7O2. The predicted octanol–water partition coefficient (Wildman–Crippen LogP) is 4.45. The van der Waals surface area contributed by atoms with E-state index in [0.717, 1.165) is 71.1 Å². The maximum Gasteiger partial charge on any atom is 0.229 e. The molecule has 9 nitrogen and oxygen atoms in total. The highest BCUT2D eigenvalue weighted by Crippen LogP contribution is 2.35. The molecule has 5 heterocycles. The normalized spacial score (nSPS) is 14.0. The number of hydrogen-bond donors (Lipinski definition) is 2. The van der Waals surface area contributed by atoms with Gasteiger partial charge in [0.1, 0.15) is 23.0 Å². The molecule has 170 valence electrons. The number of oxazole rings is 1. The average Bonchev–Trinajstić information content (AvgIpc) is 3.32. The van der Waals surface area contributed by atoms with Gasteiger partial charge in [-0.25, -0.2) is 19.9 Å². The first kappa shape index (κ1) is 20.4. The zero-order valence-corrected chi connectivity index (χ0v) is 18.7. The number of nitrogens with one attached hydrogen (secondary N) is 2. The number of nitrogens with zero attached hydrogens (tertiary/aromatic N) is 5. The number of anilines is 4. The lowest BCUT2D eigenvalue weighted by atomic mass is 10.1. The number of hydrogen-bond acceptors (Lipinski definition) is 9. The smallest absolute Gasteiger partial charge is 0.229 e. The number of rotatable bonds is 5. The van der Waals surface area contributed by atoms with E-state index in [1.807, 2.05) is 37.4 Å². The molecule has 4 aromatic heterocycles. The summed E-state index contributed by atoms with van der Waals surface area (Å²) in [7, 11) is 1.84. The first-order chi connectivity index (χ1) is 16.8. The molecule has 1 aromatic carbocycles. The minimum atomic E-state index is 0.518. The van der Waals surface area contributed by atoms with Crippen LogP contribution in [0, 0.1) is 0 Å². The van der Waals surface area contributed by atoms with Gasteiger partial charge in [0, 0.05) is 55.2 Å². The van der Waals surface area contributed by atoms with Crippen LogP contribution >= 0.6 is 0 Å². The Morgan fingerprint density at radius 2 is 1.82 bits per heavy atom. The van der Waals surface area contributed by atoms with Gasteiger partial charge in [-0.1, -0.05) is 6.07 Å². The van der Waals surface area contributed by atoms with Crippen molar-refractivity contribution in [1.82, 2.24) is 19.9 Å². The highest BCUT2D eigenvalue weighted by molar-refractivity contribution is 6.01. The molecule has 9 heteroatoms. The first-order valence-electron chi connectivity index (χ1n) is 11.2. The fraction of sp³-hybridized carbons (Fsp3) is 0.200. The van der Waals surface area contributed by atoms with Crippen molar-refractivity contribution in [3.8, 4) is 11.5 Å². The van der Waals surface area contributed by atoms with E-state index in [-0.39, 0.29) is 0 Å². The number of pyridine rings is 3. The highest BCUT2D eigenvalue weighted by Gasteiger charge is 2.17. The molecule has 1 fully saturated rings. The minimum absolute atomic E-state index is 0.518. The van der Waals surface area contributed by atoms with Crippen molar-refractivity contribution in [2.24, 2.45) is 0 Å². The summed E-state index contributed by atoms with van der Waals surface area (Å²) in [6, 6.07) is 13.8. The van der Waals surface area contributed by atoms with Crippen molar-refractivity contribution in [1.29, 1.82) is 0 Å². The van der Waals surface area contributed by atoms with Crippen molar-refractivity contribution in [3.63, 3.8) is 0 Å². The maximum absolute atomic E-state index is 6.17. The van der Waals surface area contributed by atoms with E-state index in [4.69, 9.17) is 14.1 Å². The molecule has 0 bridgehead atoms. The van der Waals surface area contributed by atoms with Gasteiger partial charge in [0.2, 0.25) is 5.89 Å². The Balaban J connectivity index is 1.43. The Labute approximate surface area is 195 Å². The summed E-state index contributed by atoms with van der Waals surface area (Å²) in [6.07, 6.45) is 5.32. The third-order valence-corrected chi connectivity index (χ3v) is 5.91. The number of ether oxygens (including phenoxy) is 1. The van der Waals surface area contributed by atoms with Gasteiger partial charge in [0.15, 0.2) is 5.58 Å². The minimum Gasteiger partial charge on any atom is -0.436 e. The van der Waals surface area contributed by atoms with E-state index < -0.39 is 0 Å². The molecule has 1 aliphatic heterocycles. The molecule has 2 N–H and O–H groups in total. The predicted molar refractivity (Wildman–Crippen MR) is 133 cm³/mol. The molecule has 0 aliphatic carbocycles. The first-order valence-corrected chi connectivity index (χ1v) is 11.2. The van der Waals surface area contributed by atoms with Crippen molar-refractivity contribution < 1.29 is 9.15 Å². The largest absolute Gasteiger partial charge is 0.436 e. The summed E-state index contributed by atoms with van der Waals surface area (Å²) < 4.78 is 11.6. The van der Waals surface area contributed by atoms with Crippen LogP contribution in [-0.4, -0.2) is 53.3 Å². The van der Waals surface area contributed by atoms with E-state index in [1.165, 1.54) is 0 Å². The van der Waals surface area contributed by atoms with Gasteiger partial charge in [0.05, 0.1) is 18.8 Å². The molecule has 34 heavy (non-hydrogen) atoms. The third kappa shape index (κ3) is 3.75. The fourth-order valence-electron chi connectivity index (χ4n) is 4.19. The second kappa shape index (κ2) is 8.60. The van der Waals surface area contributed by atoms with Crippen molar-refractivity contribution in [2.75, 3.05) is 48.9 Å². The van der Waals surface area contributed by atoms with Gasteiger partial charge in [-0.3, -0.25) is 0 Å². The molecular weight excluding hydrogens is 430 g/mol. The lowest BCUT2D eigenvalue weighted by molar-refractivity contribution is 0.122. The molecule has 5 aromatic rings. The van der Waals surface area contributed by atoms with E-state index in [0.29, 0.717) is 11.7 Å². The number of morpholine rings is 1. The van der Waals surface area contributed by atoms with Crippen molar-refractivity contribution >= 4 is 45.0 Å². The molecule has 1 saturated heterocycles. The molecule has 0 atom stereocenters. The van der Waals surface area contributed by atoms with E-state index in [2.05, 4.69) is 42.6 Å². The summed E-state index contributed by atoms with van der Waals surface area (Å²) in [5.41, 5.74) is 3.46. The Bertz CT molecular complexity index is 1460. The van der Waals surface area contributed by atoms with Gasteiger partial charge in [-0.05, 0) is 36.4 Å². The van der Waals surface area contributed by atoms with E-state index in [9.17, 15) is 0 Å². The van der Waals surface area contributed by atoms with Crippen LogP contribution in [0.3, 0.4) is 0 Å². The van der Waals surface area contributed by atoms with Crippen LogP contribution in [0.2, 0.25) is 0 Å². The molecule has 0 saturated carbocycles. The zero-order valence-electron chi connectivity index (χ0n) is 18.7. The quantitative estimate of drug-likeness (QED) is 0.399. The standard InChI is InChI=1S/C25H23N7O2/c1-26-24-18-14-28-23(31-22-4-2-3-7-27-22)13-17(18)19(15-29-24)25-30-20-12-16(5-6-21(20)34-25)32-8-10-33-11-9-32/h2-7,12-15H,8-11H2,1H3,(H,26,29)(H,27,28,31).